The summed E-state index contributed by atoms with van der Waals surface area (Å²) >= 11 is 3.08. The van der Waals surface area contributed by atoms with Gasteiger partial charge in [0.15, 0.2) is 5.16 Å². The fourth-order valence-corrected chi connectivity index (χ4v) is 6.01. The third-order valence-electron chi connectivity index (χ3n) is 6.39. The molecule has 0 aliphatic carbocycles. The molecule has 3 aromatic carbocycles. The van der Waals surface area contributed by atoms with Gasteiger partial charge >= 0.3 is 0 Å². The maximum absolute atomic E-state index is 12.8. The Kier molecular flexibility index (Phi) is 8.85. The Morgan fingerprint density at radius 2 is 1.64 bits per heavy atom. The Balaban J connectivity index is 1.24. The first-order valence-corrected chi connectivity index (χ1v) is 14.9. The first-order chi connectivity index (χ1) is 19.0. The monoisotopic (exact) mass is 553 g/mol. The molecular formula is C31H31N5OS2. The van der Waals surface area contributed by atoms with Gasteiger partial charge < -0.3 is 5.32 Å². The number of rotatable bonds is 11. The van der Waals surface area contributed by atoms with Gasteiger partial charge in [-0.05, 0) is 49.9 Å². The van der Waals surface area contributed by atoms with Crippen LogP contribution in [0.5, 0.6) is 0 Å². The standard InChI is InChI=1S/C31H31N5OS2/c1-22-13-17-26(18-14-22)36-28(19-25-11-7-4-8-12-25)34-35-31(36)39-21-29-33-27(20-38-29)30(37)32-23(2)15-16-24-9-5-3-6-10-24/h3-14,17-18,20,23H,15-16,19,21H2,1-2H3,(H,32,37). The highest BCUT2D eigenvalue weighted by molar-refractivity contribution is 7.98. The van der Waals surface area contributed by atoms with Gasteiger partial charge in [0.1, 0.15) is 16.5 Å². The molecule has 1 N–H and O–H groups in total. The number of aryl methyl sites for hydroxylation is 2. The zero-order valence-electron chi connectivity index (χ0n) is 22.1. The predicted octanol–water partition coefficient (Wildman–Crippen LogP) is 6.67. The number of hydrogen-bond donors (Lipinski definition) is 1. The average Bonchev–Trinajstić information content (AvgIpc) is 3.60. The summed E-state index contributed by atoms with van der Waals surface area (Å²) in [6.07, 6.45) is 2.49. The molecule has 0 aliphatic rings. The largest absolute Gasteiger partial charge is 0.348 e. The van der Waals surface area contributed by atoms with Crippen molar-refractivity contribution in [1.29, 1.82) is 0 Å². The van der Waals surface area contributed by atoms with Crippen molar-refractivity contribution in [3.8, 4) is 5.69 Å². The minimum Gasteiger partial charge on any atom is -0.348 e. The van der Waals surface area contributed by atoms with Gasteiger partial charge in [0.2, 0.25) is 0 Å². The van der Waals surface area contributed by atoms with Crippen LogP contribution < -0.4 is 5.32 Å². The highest BCUT2D eigenvalue weighted by atomic mass is 32.2. The topological polar surface area (TPSA) is 72.7 Å². The Labute approximate surface area is 237 Å². The molecule has 1 atom stereocenters. The summed E-state index contributed by atoms with van der Waals surface area (Å²) in [5, 5.41) is 15.7. The third-order valence-corrected chi connectivity index (χ3v) is 8.36. The summed E-state index contributed by atoms with van der Waals surface area (Å²) in [5.41, 5.74) is 5.16. The second-order valence-electron chi connectivity index (χ2n) is 9.55. The molecule has 1 unspecified atom stereocenters. The van der Waals surface area contributed by atoms with Crippen molar-refractivity contribution in [1.82, 2.24) is 25.1 Å². The van der Waals surface area contributed by atoms with E-state index < -0.39 is 0 Å². The van der Waals surface area contributed by atoms with Crippen molar-refractivity contribution >= 4 is 29.0 Å². The fraction of sp³-hybridized carbons (Fsp3) is 0.226. The number of amides is 1. The summed E-state index contributed by atoms with van der Waals surface area (Å²) in [6.45, 7) is 4.12. The second kappa shape index (κ2) is 12.9. The lowest BCUT2D eigenvalue weighted by atomic mass is 10.1. The molecule has 2 heterocycles. The van der Waals surface area contributed by atoms with Crippen LogP contribution in [0, 0.1) is 6.92 Å². The lowest BCUT2D eigenvalue weighted by molar-refractivity contribution is 0.0934. The van der Waals surface area contributed by atoms with E-state index in [9.17, 15) is 4.79 Å². The van der Waals surface area contributed by atoms with Crippen molar-refractivity contribution in [3.05, 3.63) is 124 Å². The number of benzene rings is 3. The molecule has 2 aromatic heterocycles. The molecule has 5 rings (SSSR count). The van der Waals surface area contributed by atoms with E-state index in [1.54, 1.807) is 11.8 Å². The van der Waals surface area contributed by atoms with Crippen LogP contribution in [-0.4, -0.2) is 31.7 Å². The van der Waals surface area contributed by atoms with Gasteiger partial charge in [0, 0.05) is 23.5 Å². The van der Waals surface area contributed by atoms with Gasteiger partial charge in [-0.25, -0.2) is 4.98 Å². The van der Waals surface area contributed by atoms with Crippen molar-refractivity contribution in [2.75, 3.05) is 0 Å². The predicted molar refractivity (Wildman–Crippen MR) is 159 cm³/mol. The second-order valence-corrected chi connectivity index (χ2v) is 11.4. The van der Waals surface area contributed by atoms with Crippen LogP contribution in [0.2, 0.25) is 0 Å². The van der Waals surface area contributed by atoms with E-state index in [1.807, 2.05) is 48.7 Å². The quantitative estimate of drug-likeness (QED) is 0.185. The molecule has 198 valence electrons. The zero-order chi connectivity index (χ0) is 27.0. The summed E-state index contributed by atoms with van der Waals surface area (Å²) in [4.78, 5) is 17.4. The van der Waals surface area contributed by atoms with Gasteiger partial charge in [-0.1, -0.05) is 90.1 Å². The van der Waals surface area contributed by atoms with Crippen LogP contribution in [0.4, 0.5) is 0 Å². The third kappa shape index (κ3) is 7.22. The van der Waals surface area contributed by atoms with E-state index in [2.05, 4.69) is 80.5 Å². The summed E-state index contributed by atoms with van der Waals surface area (Å²) in [7, 11) is 0. The van der Waals surface area contributed by atoms with Gasteiger partial charge in [0.05, 0.1) is 5.75 Å². The maximum atomic E-state index is 12.8. The van der Waals surface area contributed by atoms with Gasteiger partial charge in [-0.15, -0.1) is 21.5 Å². The number of aromatic nitrogens is 4. The number of thiazole rings is 1. The highest BCUT2D eigenvalue weighted by Crippen LogP contribution is 2.27. The first-order valence-electron chi connectivity index (χ1n) is 13.0. The molecule has 6 nitrogen and oxygen atoms in total. The van der Waals surface area contributed by atoms with Crippen LogP contribution in [0.1, 0.15) is 51.4 Å². The van der Waals surface area contributed by atoms with Gasteiger partial charge in [-0.3, -0.25) is 9.36 Å². The summed E-state index contributed by atoms with van der Waals surface area (Å²) in [5.74, 6) is 1.36. The van der Waals surface area contributed by atoms with E-state index in [-0.39, 0.29) is 11.9 Å². The summed E-state index contributed by atoms with van der Waals surface area (Å²) < 4.78 is 2.12. The van der Waals surface area contributed by atoms with Crippen LogP contribution >= 0.6 is 23.1 Å². The average molecular weight is 554 g/mol. The molecule has 39 heavy (non-hydrogen) atoms. The minimum absolute atomic E-state index is 0.0633. The van der Waals surface area contributed by atoms with Gasteiger partial charge in [-0.2, -0.15) is 0 Å². The number of nitrogens with one attached hydrogen (secondary N) is 1. The molecule has 0 radical (unpaired) electrons. The molecule has 0 saturated carbocycles. The van der Waals surface area contributed by atoms with E-state index in [0.717, 1.165) is 34.5 Å². The number of carbonyl (C=O) groups is 1. The molecule has 1 amide bonds. The van der Waals surface area contributed by atoms with Gasteiger partial charge in [0.25, 0.3) is 5.91 Å². The lowest BCUT2D eigenvalue weighted by Gasteiger charge is -2.13. The van der Waals surface area contributed by atoms with E-state index in [1.165, 1.54) is 28.0 Å². The summed E-state index contributed by atoms with van der Waals surface area (Å²) in [6, 6.07) is 29.1. The molecule has 0 aliphatic heterocycles. The van der Waals surface area contributed by atoms with E-state index in [4.69, 9.17) is 0 Å². The normalized spacial score (nSPS) is 11.8. The van der Waals surface area contributed by atoms with Crippen molar-refractivity contribution in [2.45, 2.75) is 50.1 Å². The SMILES string of the molecule is Cc1ccc(-n2c(Cc3ccccc3)nnc2SCc2nc(C(=O)NC(C)CCc3ccccc3)cs2)cc1. The van der Waals surface area contributed by atoms with Crippen LogP contribution in [0.25, 0.3) is 5.69 Å². The molecule has 0 spiro atoms. The molecule has 8 heteroatoms. The van der Waals surface area contributed by atoms with Crippen LogP contribution in [0.3, 0.4) is 0 Å². The van der Waals surface area contributed by atoms with Crippen LogP contribution in [-0.2, 0) is 18.6 Å². The Hall–Kier alpha value is -3.75. The Bertz CT molecular complexity index is 1500. The highest BCUT2D eigenvalue weighted by Gasteiger charge is 2.18. The number of carbonyl (C=O) groups excluding carboxylic acids is 1. The smallest absolute Gasteiger partial charge is 0.270 e. The molecule has 0 bridgehead atoms. The van der Waals surface area contributed by atoms with Crippen molar-refractivity contribution < 1.29 is 4.79 Å². The zero-order valence-corrected chi connectivity index (χ0v) is 23.7. The lowest BCUT2D eigenvalue weighted by Crippen LogP contribution is -2.33. The Morgan fingerprint density at radius 1 is 0.949 bits per heavy atom. The number of hydrogen-bond acceptors (Lipinski definition) is 6. The van der Waals surface area contributed by atoms with Crippen molar-refractivity contribution in [3.63, 3.8) is 0 Å². The fourth-order valence-electron chi connectivity index (χ4n) is 4.25. The molecule has 0 saturated heterocycles. The molecule has 5 aromatic rings. The molecular weight excluding hydrogens is 523 g/mol. The number of thioether (sulfide) groups is 1. The van der Waals surface area contributed by atoms with Crippen molar-refractivity contribution in [2.24, 2.45) is 0 Å². The van der Waals surface area contributed by atoms with E-state index >= 15 is 0 Å². The van der Waals surface area contributed by atoms with E-state index in [0.29, 0.717) is 17.9 Å². The maximum Gasteiger partial charge on any atom is 0.270 e. The molecule has 0 fully saturated rings. The minimum atomic E-state index is -0.129. The Morgan fingerprint density at radius 3 is 2.36 bits per heavy atom. The van der Waals surface area contributed by atoms with Crippen LogP contribution in [0.15, 0.2) is 95.5 Å². The number of nitrogens with zero attached hydrogens (tertiary/aromatic N) is 4. The first kappa shape index (κ1) is 26.8.